The van der Waals surface area contributed by atoms with Crippen LogP contribution >= 0.6 is 0 Å². The minimum atomic E-state index is 0.295. The molecule has 0 aromatic carbocycles. The second-order valence-electron chi connectivity index (χ2n) is 5.46. The summed E-state index contributed by atoms with van der Waals surface area (Å²) in [5, 5.41) is 10.4. The average Bonchev–Trinajstić information content (AvgIpc) is 3.10. The number of rotatable bonds is 4. The van der Waals surface area contributed by atoms with Gasteiger partial charge in [-0.3, -0.25) is 4.68 Å². The van der Waals surface area contributed by atoms with Gasteiger partial charge in [-0.2, -0.15) is 10.2 Å². The standard InChI is InChI=1S/C16H21N5/c1-5-13-12-7-8-14(15-9-10-20(6-2)18-15)17-16(12)21(19-13)11(3)4/h7-11H,5-6H2,1-4H3. The molecule has 3 aromatic heterocycles. The van der Waals surface area contributed by atoms with Gasteiger partial charge in [0.05, 0.1) is 11.4 Å². The molecular weight excluding hydrogens is 262 g/mol. The molecule has 0 spiro atoms. The minimum Gasteiger partial charge on any atom is -0.272 e. The van der Waals surface area contributed by atoms with Crippen molar-refractivity contribution >= 4 is 11.0 Å². The van der Waals surface area contributed by atoms with E-state index in [2.05, 4.69) is 38.9 Å². The largest absolute Gasteiger partial charge is 0.272 e. The fourth-order valence-corrected chi connectivity index (χ4v) is 2.52. The van der Waals surface area contributed by atoms with E-state index in [-0.39, 0.29) is 0 Å². The van der Waals surface area contributed by atoms with Crippen molar-refractivity contribution in [3.63, 3.8) is 0 Å². The Labute approximate surface area is 124 Å². The molecule has 0 aliphatic heterocycles. The Morgan fingerprint density at radius 3 is 2.48 bits per heavy atom. The van der Waals surface area contributed by atoms with Gasteiger partial charge < -0.3 is 0 Å². The van der Waals surface area contributed by atoms with E-state index < -0.39 is 0 Å². The molecule has 0 amide bonds. The Morgan fingerprint density at radius 1 is 1.05 bits per heavy atom. The Morgan fingerprint density at radius 2 is 1.86 bits per heavy atom. The van der Waals surface area contributed by atoms with Gasteiger partial charge in [-0.1, -0.05) is 6.92 Å². The van der Waals surface area contributed by atoms with Crippen LogP contribution in [0.1, 0.15) is 39.4 Å². The molecule has 0 saturated carbocycles. The molecule has 0 aliphatic rings. The Hall–Kier alpha value is -2.17. The van der Waals surface area contributed by atoms with Crippen molar-refractivity contribution in [3.8, 4) is 11.4 Å². The van der Waals surface area contributed by atoms with E-state index in [9.17, 15) is 0 Å². The zero-order valence-corrected chi connectivity index (χ0v) is 13.0. The number of hydrogen-bond acceptors (Lipinski definition) is 3. The minimum absolute atomic E-state index is 0.295. The van der Waals surface area contributed by atoms with Crippen molar-refractivity contribution in [2.45, 2.75) is 46.7 Å². The van der Waals surface area contributed by atoms with Crippen LogP contribution in [0.2, 0.25) is 0 Å². The van der Waals surface area contributed by atoms with Crippen LogP contribution in [0.25, 0.3) is 22.4 Å². The third-order valence-corrected chi connectivity index (χ3v) is 3.68. The predicted molar refractivity (Wildman–Crippen MR) is 84.2 cm³/mol. The van der Waals surface area contributed by atoms with Gasteiger partial charge in [0.25, 0.3) is 0 Å². The first-order valence-corrected chi connectivity index (χ1v) is 7.56. The topological polar surface area (TPSA) is 48.5 Å². The molecule has 0 fully saturated rings. The van der Waals surface area contributed by atoms with Crippen LogP contribution in [-0.4, -0.2) is 24.5 Å². The summed E-state index contributed by atoms with van der Waals surface area (Å²) in [6.45, 7) is 9.34. The SMILES string of the molecule is CCc1nn(C(C)C)c2nc(-c3ccn(CC)n3)ccc12. The van der Waals surface area contributed by atoms with Crippen molar-refractivity contribution in [3.05, 3.63) is 30.1 Å². The molecule has 0 saturated heterocycles. The quantitative estimate of drug-likeness (QED) is 0.736. The molecule has 3 aromatic rings. The highest BCUT2D eigenvalue weighted by Gasteiger charge is 2.14. The summed E-state index contributed by atoms with van der Waals surface area (Å²) in [6.07, 6.45) is 2.90. The van der Waals surface area contributed by atoms with E-state index in [4.69, 9.17) is 10.1 Å². The second-order valence-corrected chi connectivity index (χ2v) is 5.46. The first-order chi connectivity index (χ1) is 10.1. The molecule has 21 heavy (non-hydrogen) atoms. The highest BCUT2D eigenvalue weighted by molar-refractivity contribution is 5.81. The summed E-state index contributed by atoms with van der Waals surface area (Å²) in [5.41, 5.74) is 3.87. The maximum absolute atomic E-state index is 4.81. The van der Waals surface area contributed by atoms with Gasteiger partial charge in [0.1, 0.15) is 5.69 Å². The lowest BCUT2D eigenvalue weighted by atomic mass is 10.2. The van der Waals surface area contributed by atoms with Gasteiger partial charge >= 0.3 is 0 Å². The molecule has 3 rings (SSSR count). The second kappa shape index (κ2) is 5.31. The molecule has 0 unspecified atom stereocenters. The monoisotopic (exact) mass is 283 g/mol. The third kappa shape index (κ3) is 2.33. The zero-order chi connectivity index (χ0) is 15.0. The zero-order valence-electron chi connectivity index (χ0n) is 13.0. The molecule has 0 aliphatic carbocycles. The lowest BCUT2D eigenvalue weighted by molar-refractivity contribution is 0.540. The van der Waals surface area contributed by atoms with Gasteiger partial charge in [0.2, 0.25) is 0 Å². The molecule has 0 N–H and O–H groups in total. The van der Waals surface area contributed by atoms with Gasteiger partial charge in [-0.15, -0.1) is 0 Å². The van der Waals surface area contributed by atoms with Crippen LogP contribution in [0.4, 0.5) is 0 Å². The van der Waals surface area contributed by atoms with Gasteiger partial charge in [0.15, 0.2) is 5.65 Å². The number of aryl methyl sites for hydroxylation is 2. The first-order valence-electron chi connectivity index (χ1n) is 7.56. The van der Waals surface area contributed by atoms with Crippen molar-refractivity contribution in [1.29, 1.82) is 0 Å². The van der Waals surface area contributed by atoms with E-state index in [0.29, 0.717) is 6.04 Å². The summed E-state index contributed by atoms with van der Waals surface area (Å²) in [5.74, 6) is 0. The van der Waals surface area contributed by atoms with Crippen molar-refractivity contribution < 1.29 is 0 Å². The van der Waals surface area contributed by atoms with Gasteiger partial charge in [0, 0.05) is 24.2 Å². The van der Waals surface area contributed by atoms with Crippen molar-refractivity contribution in [1.82, 2.24) is 24.5 Å². The van der Waals surface area contributed by atoms with E-state index in [1.165, 1.54) is 0 Å². The average molecular weight is 283 g/mol. The summed E-state index contributed by atoms with van der Waals surface area (Å²) >= 11 is 0. The van der Waals surface area contributed by atoms with Gasteiger partial charge in [-0.25, -0.2) is 9.67 Å². The summed E-state index contributed by atoms with van der Waals surface area (Å²) < 4.78 is 3.92. The normalized spacial score (nSPS) is 11.7. The Bertz CT molecular complexity index is 766. The molecule has 5 heteroatoms. The Kier molecular flexibility index (Phi) is 3.49. The van der Waals surface area contributed by atoms with Crippen LogP contribution in [-0.2, 0) is 13.0 Å². The number of nitrogens with zero attached hydrogens (tertiary/aromatic N) is 5. The van der Waals surface area contributed by atoms with Crippen molar-refractivity contribution in [2.75, 3.05) is 0 Å². The molecular formula is C16H21N5. The lowest BCUT2D eigenvalue weighted by Gasteiger charge is -2.06. The number of hydrogen-bond donors (Lipinski definition) is 0. The molecule has 3 heterocycles. The predicted octanol–water partition coefficient (Wildman–Crippen LogP) is 3.46. The van der Waals surface area contributed by atoms with E-state index in [0.717, 1.165) is 41.1 Å². The number of fused-ring (bicyclic) bond motifs is 1. The third-order valence-electron chi connectivity index (χ3n) is 3.68. The fraction of sp³-hybridized carbons (Fsp3) is 0.438. The van der Waals surface area contributed by atoms with E-state index >= 15 is 0 Å². The van der Waals surface area contributed by atoms with Crippen molar-refractivity contribution in [2.24, 2.45) is 0 Å². The summed E-state index contributed by atoms with van der Waals surface area (Å²) in [6, 6.07) is 6.46. The van der Waals surface area contributed by atoms with E-state index in [1.54, 1.807) is 0 Å². The fourth-order valence-electron chi connectivity index (χ4n) is 2.52. The maximum atomic E-state index is 4.81. The number of aromatic nitrogens is 5. The molecule has 110 valence electrons. The van der Waals surface area contributed by atoms with Crippen LogP contribution in [0.3, 0.4) is 0 Å². The molecule has 0 bridgehead atoms. The lowest BCUT2D eigenvalue weighted by Crippen LogP contribution is -2.04. The highest BCUT2D eigenvalue weighted by atomic mass is 15.3. The van der Waals surface area contributed by atoms with Crippen LogP contribution in [0.5, 0.6) is 0 Å². The Balaban J connectivity index is 2.16. The summed E-state index contributed by atoms with van der Waals surface area (Å²) in [4.78, 5) is 4.81. The van der Waals surface area contributed by atoms with Gasteiger partial charge in [-0.05, 0) is 45.4 Å². The molecule has 0 radical (unpaired) electrons. The summed E-state index contributed by atoms with van der Waals surface area (Å²) in [7, 11) is 0. The molecule has 0 atom stereocenters. The van der Waals surface area contributed by atoms with Crippen LogP contribution < -0.4 is 0 Å². The van der Waals surface area contributed by atoms with Crippen LogP contribution in [0, 0.1) is 0 Å². The van der Waals surface area contributed by atoms with Crippen LogP contribution in [0.15, 0.2) is 24.4 Å². The first kappa shape index (κ1) is 13.8. The smallest absolute Gasteiger partial charge is 0.159 e. The maximum Gasteiger partial charge on any atom is 0.159 e. The highest BCUT2D eigenvalue weighted by Crippen LogP contribution is 2.24. The number of pyridine rings is 1. The molecule has 5 nitrogen and oxygen atoms in total. The van der Waals surface area contributed by atoms with E-state index in [1.807, 2.05) is 27.7 Å².